The standard InChI is InChI=1S/C25H37N3O4/c1-7-8-9-18-19-13-17(31-15-23(26)29)10-11-21(19)27-22(12-16(2)3)20(18)14-32-24(30)28-25(4,5)6/h10-11,13,16H,7-9,12,14-15H2,1-6H3,(H2,26,29)(H,28,30). The molecule has 0 spiro atoms. The Bertz CT molecular complexity index is 948. The van der Waals surface area contributed by atoms with Crippen molar-refractivity contribution in [1.29, 1.82) is 0 Å². The van der Waals surface area contributed by atoms with Crippen LogP contribution in [0, 0.1) is 5.92 Å². The van der Waals surface area contributed by atoms with Gasteiger partial charge in [0.25, 0.3) is 5.91 Å². The summed E-state index contributed by atoms with van der Waals surface area (Å²) < 4.78 is 11.1. The number of amides is 2. The van der Waals surface area contributed by atoms with E-state index in [0.717, 1.165) is 53.4 Å². The lowest BCUT2D eigenvalue weighted by atomic mass is 9.93. The van der Waals surface area contributed by atoms with Crippen LogP contribution in [-0.2, 0) is 29.0 Å². The van der Waals surface area contributed by atoms with Gasteiger partial charge >= 0.3 is 6.09 Å². The predicted octanol–water partition coefficient (Wildman–Crippen LogP) is 4.66. The quantitative estimate of drug-likeness (QED) is 0.556. The number of alkyl carbamates (subject to hydrolysis) is 1. The van der Waals surface area contributed by atoms with Gasteiger partial charge in [-0.2, -0.15) is 0 Å². The number of benzene rings is 1. The van der Waals surface area contributed by atoms with Crippen LogP contribution in [-0.4, -0.2) is 29.1 Å². The van der Waals surface area contributed by atoms with Crippen LogP contribution in [0.2, 0.25) is 0 Å². The smallest absolute Gasteiger partial charge is 0.407 e. The molecule has 0 saturated carbocycles. The number of nitrogens with two attached hydrogens (primary N) is 1. The molecule has 0 atom stereocenters. The van der Waals surface area contributed by atoms with Gasteiger partial charge in [0.1, 0.15) is 12.4 Å². The van der Waals surface area contributed by atoms with Crippen LogP contribution in [0.15, 0.2) is 18.2 Å². The Morgan fingerprint density at radius 3 is 2.50 bits per heavy atom. The largest absolute Gasteiger partial charge is 0.484 e. The maximum Gasteiger partial charge on any atom is 0.407 e. The highest BCUT2D eigenvalue weighted by Gasteiger charge is 2.20. The Morgan fingerprint density at radius 1 is 1.19 bits per heavy atom. The summed E-state index contributed by atoms with van der Waals surface area (Å²) in [6.45, 7) is 12.1. The lowest BCUT2D eigenvalue weighted by Gasteiger charge is -2.22. The molecule has 0 bridgehead atoms. The summed E-state index contributed by atoms with van der Waals surface area (Å²) in [5.74, 6) is 0.435. The molecule has 1 heterocycles. The minimum atomic E-state index is -0.527. The summed E-state index contributed by atoms with van der Waals surface area (Å²) in [5.41, 5.74) is 8.72. The van der Waals surface area contributed by atoms with Crippen molar-refractivity contribution in [2.45, 2.75) is 79.4 Å². The first kappa shape index (κ1) is 25.4. The minimum Gasteiger partial charge on any atom is -0.484 e. The van der Waals surface area contributed by atoms with E-state index in [1.807, 2.05) is 32.9 Å². The van der Waals surface area contributed by atoms with Crippen LogP contribution >= 0.6 is 0 Å². The SMILES string of the molecule is CCCCc1c(COC(=O)NC(C)(C)C)c(CC(C)C)nc2ccc(OCC(N)=O)cc12. The Balaban J connectivity index is 2.53. The number of carbonyl (C=O) groups excluding carboxylic acids is 2. The first-order valence-corrected chi connectivity index (χ1v) is 11.3. The van der Waals surface area contributed by atoms with Crippen LogP contribution in [0.25, 0.3) is 10.9 Å². The number of aryl methyl sites for hydroxylation is 1. The summed E-state index contributed by atoms with van der Waals surface area (Å²) >= 11 is 0. The Labute approximate surface area is 191 Å². The first-order chi connectivity index (χ1) is 15.0. The van der Waals surface area contributed by atoms with E-state index < -0.39 is 12.0 Å². The van der Waals surface area contributed by atoms with Gasteiger partial charge in [-0.15, -0.1) is 0 Å². The number of fused-ring (bicyclic) bond motifs is 1. The molecule has 0 aliphatic carbocycles. The van der Waals surface area contributed by atoms with Crippen molar-refractivity contribution in [2.75, 3.05) is 6.61 Å². The van der Waals surface area contributed by atoms with Crippen molar-refractivity contribution in [2.24, 2.45) is 11.7 Å². The molecule has 0 aliphatic heterocycles. The van der Waals surface area contributed by atoms with Gasteiger partial charge in [-0.3, -0.25) is 9.78 Å². The van der Waals surface area contributed by atoms with Crippen molar-refractivity contribution >= 4 is 22.9 Å². The fourth-order valence-corrected chi connectivity index (χ4v) is 3.49. The molecular formula is C25H37N3O4. The third kappa shape index (κ3) is 7.70. The van der Waals surface area contributed by atoms with Gasteiger partial charge in [0.05, 0.1) is 5.52 Å². The summed E-state index contributed by atoms with van der Waals surface area (Å²) in [7, 11) is 0. The number of aromatic nitrogens is 1. The number of carbonyl (C=O) groups is 2. The highest BCUT2D eigenvalue weighted by molar-refractivity contribution is 5.85. The lowest BCUT2D eigenvalue weighted by molar-refractivity contribution is -0.119. The number of hydrogen-bond acceptors (Lipinski definition) is 5. The van der Waals surface area contributed by atoms with Gasteiger partial charge in [-0.05, 0) is 69.7 Å². The zero-order chi connectivity index (χ0) is 23.9. The summed E-state index contributed by atoms with van der Waals surface area (Å²) in [5, 5.41) is 3.79. The predicted molar refractivity (Wildman–Crippen MR) is 127 cm³/mol. The molecule has 1 aromatic carbocycles. The van der Waals surface area contributed by atoms with Crippen LogP contribution < -0.4 is 15.8 Å². The molecule has 0 unspecified atom stereocenters. The number of pyridine rings is 1. The summed E-state index contributed by atoms with van der Waals surface area (Å²) in [6.07, 6.45) is 3.20. The van der Waals surface area contributed by atoms with E-state index in [4.69, 9.17) is 20.2 Å². The van der Waals surface area contributed by atoms with Crippen LogP contribution in [0.5, 0.6) is 5.75 Å². The Morgan fingerprint density at radius 2 is 1.91 bits per heavy atom. The fourth-order valence-electron chi connectivity index (χ4n) is 3.49. The normalized spacial score (nSPS) is 11.6. The van der Waals surface area contributed by atoms with Crippen molar-refractivity contribution in [3.8, 4) is 5.75 Å². The second-order valence-corrected chi connectivity index (χ2v) is 9.60. The average molecular weight is 444 g/mol. The first-order valence-electron chi connectivity index (χ1n) is 11.3. The van der Waals surface area contributed by atoms with Crippen molar-refractivity contribution in [3.05, 3.63) is 35.0 Å². The highest BCUT2D eigenvalue weighted by Crippen LogP contribution is 2.30. The van der Waals surface area contributed by atoms with Gasteiger partial charge in [0.15, 0.2) is 6.61 Å². The van der Waals surface area contributed by atoms with E-state index >= 15 is 0 Å². The number of nitrogens with zero attached hydrogens (tertiary/aromatic N) is 1. The zero-order valence-corrected chi connectivity index (χ0v) is 20.2. The molecule has 0 aliphatic rings. The number of nitrogens with one attached hydrogen (secondary N) is 1. The van der Waals surface area contributed by atoms with Gasteiger partial charge in [0, 0.05) is 22.2 Å². The topological polar surface area (TPSA) is 104 Å². The highest BCUT2D eigenvalue weighted by atomic mass is 16.5. The van der Waals surface area contributed by atoms with E-state index in [1.165, 1.54) is 0 Å². The van der Waals surface area contributed by atoms with E-state index in [2.05, 4.69) is 26.1 Å². The molecule has 7 nitrogen and oxygen atoms in total. The Kier molecular flexibility index (Phi) is 8.87. The molecule has 2 rings (SSSR count). The van der Waals surface area contributed by atoms with Crippen LogP contribution in [0.1, 0.15) is 71.2 Å². The van der Waals surface area contributed by atoms with Crippen molar-refractivity contribution in [3.63, 3.8) is 0 Å². The third-order valence-electron chi connectivity index (χ3n) is 4.85. The average Bonchev–Trinajstić information content (AvgIpc) is 2.67. The lowest BCUT2D eigenvalue weighted by Crippen LogP contribution is -2.40. The molecule has 3 N–H and O–H groups in total. The molecule has 0 radical (unpaired) electrons. The zero-order valence-electron chi connectivity index (χ0n) is 20.2. The number of ether oxygens (including phenoxy) is 2. The van der Waals surface area contributed by atoms with E-state index in [0.29, 0.717) is 11.7 Å². The number of hydrogen-bond donors (Lipinski definition) is 2. The second-order valence-electron chi connectivity index (χ2n) is 9.60. The maximum atomic E-state index is 12.3. The van der Waals surface area contributed by atoms with Gasteiger partial charge in [0.2, 0.25) is 0 Å². The molecule has 2 amide bonds. The van der Waals surface area contributed by atoms with Crippen LogP contribution in [0.3, 0.4) is 0 Å². The van der Waals surface area contributed by atoms with Gasteiger partial charge < -0.3 is 20.5 Å². The molecular weight excluding hydrogens is 406 g/mol. The Hall–Kier alpha value is -2.83. The number of unbranched alkanes of at least 4 members (excludes halogenated alkanes) is 1. The van der Waals surface area contributed by atoms with Gasteiger partial charge in [-0.1, -0.05) is 27.2 Å². The molecule has 32 heavy (non-hydrogen) atoms. The monoisotopic (exact) mass is 443 g/mol. The van der Waals surface area contributed by atoms with Crippen molar-refractivity contribution < 1.29 is 19.1 Å². The maximum absolute atomic E-state index is 12.3. The van der Waals surface area contributed by atoms with E-state index in [1.54, 1.807) is 6.07 Å². The molecule has 7 heteroatoms. The summed E-state index contributed by atoms with van der Waals surface area (Å²) in [6, 6.07) is 5.60. The second kappa shape index (κ2) is 11.2. The molecule has 1 aromatic heterocycles. The molecule has 0 saturated heterocycles. The van der Waals surface area contributed by atoms with Crippen LogP contribution in [0.4, 0.5) is 4.79 Å². The van der Waals surface area contributed by atoms with Crippen molar-refractivity contribution in [1.82, 2.24) is 10.3 Å². The third-order valence-corrected chi connectivity index (χ3v) is 4.85. The number of primary amides is 1. The van der Waals surface area contributed by atoms with Gasteiger partial charge in [-0.25, -0.2) is 4.79 Å². The number of rotatable bonds is 10. The van der Waals surface area contributed by atoms with E-state index in [9.17, 15) is 9.59 Å². The molecule has 0 fully saturated rings. The molecule has 2 aromatic rings. The molecule has 176 valence electrons. The minimum absolute atomic E-state index is 0.151. The van der Waals surface area contributed by atoms with E-state index in [-0.39, 0.29) is 18.8 Å². The fraction of sp³-hybridized carbons (Fsp3) is 0.560. The summed E-state index contributed by atoms with van der Waals surface area (Å²) in [4.78, 5) is 28.4.